The first kappa shape index (κ1) is 10.3. The van der Waals surface area contributed by atoms with Crippen LogP contribution in [0.1, 0.15) is 5.56 Å². The van der Waals surface area contributed by atoms with Gasteiger partial charge in [0.2, 0.25) is 0 Å². The lowest BCUT2D eigenvalue weighted by atomic mass is 10.2. The Kier molecular flexibility index (Phi) is 2.91. The van der Waals surface area contributed by atoms with Crippen LogP contribution in [0.2, 0.25) is 0 Å². The smallest absolute Gasteiger partial charge is 0.216 e. The summed E-state index contributed by atoms with van der Waals surface area (Å²) in [4.78, 5) is 2.23. The maximum absolute atomic E-state index is 11.3. The molecule has 0 bridgehead atoms. The number of rotatable bonds is 3. The molecule has 0 aliphatic rings. The molecule has 0 atom stereocenters. The molecule has 0 spiro atoms. The van der Waals surface area contributed by atoms with Gasteiger partial charge in [-0.15, -0.1) is 0 Å². The van der Waals surface area contributed by atoms with E-state index in [1.165, 1.54) is 12.1 Å². The fourth-order valence-corrected chi connectivity index (χ4v) is 1.86. The number of hydrogen-bond acceptors (Lipinski definition) is 2. The molecule has 0 fully saturated rings. The zero-order chi connectivity index (χ0) is 10.6. The lowest BCUT2D eigenvalue weighted by Crippen LogP contribution is -1.97. The SMILES string of the molecule is C=Cc1ccccc1S(=O)(=O)N=[N+]=[N-]. The van der Waals surface area contributed by atoms with Gasteiger partial charge in [0.05, 0.1) is 4.90 Å². The second kappa shape index (κ2) is 3.95. The summed E-state index contributed by atoms with van der Waals surface area (Å²) in [5.41, 5.74) is 8.50. The van der Waals surface area contributed by atoms with Gasteiger partial charge in [0.15, 0.2) is 0 Å². The molecule has 0 saturated heterocycles. The number of azide groups is 1. The van der Waals surface area contributed by atoms with Crippen molar-refractivity contribution in [2.24, 2.45) is 4.52 Å². The summed E-state index contributed by atoms with van der Waals surface area (Å²) in [5, 5.41) is 0. The fraction of sp³-hybridized carbons (Fsp3) is 0. The fourth-order valence-electron chi connectivity index (χ4n) is 0.976. The summed E-state index contributed by atoms with van der Waals surface area (Å²) in [6.07, 6.45) is 1.39. The summed E-state index contributed by atoms with van der Waals surface area (Å²) in [6, 6.07) is 6.16. The summed E-state index contributed by atoms with van der Waals surface area (Å²) >= 11 is 0. The third-order valence-electron chi connectivity index (χ3n) is 1.56. The quantitative estimate of drug-likeness (QED) is 0.434. The minimum atomic E-state index is -3.92. The van der Waals surface area contributed by atoms with Crippen molar-refractivity contribution in [3.8, 4) is 0 Å². The van der Waals surface area contributed by atoms with Gasteiger partial charge in [-0.2, -0.15) is 0 Å². The van der Waals surface area contributed by atoms with Crippen LogP contribution in [-0.2, 0) is 10.0 Å². The Hall–Kier alpha value is -1.78. The number of nitrogens with zero attached hydrogens (tertiary/aromatic N) is 3. The summed E-state index contributed by atoms with van der Waals surface area (Å²) in [6.45, 7) is 3.47. The second-order valence-electron chi connectivity index (χ2n) is 2.39. The molecule has 0 aliphatic heterocycles. The van der Waals surface area contributed by atoms with Crippen molar-refractivity contribution in [3.63, 3.8) is 0 Å². The standard InChI is InChI=1S/C8H7N3O2S/c1-2-7-5-3-4-6-8(7)14(12,13)11-10-9/h2-6H,1H2. The van der Waals surface area contributed by atoms with E-state index in [1.807, 2.05) is 0 Å². The monoisotopic (exact) mass is 209 g/mol. The van der Waals surface area contributed by atoms with Gasteiger partial charge < -0.3 is 0 Å². The first-order valence-corrected chi connectivity index (χ1v) is 5.08. The van der Waals surface area contributed by atoms with Crippen LogP contribution in [0.25, 0.3) is 16.5 Å². The lowest BCUT2D eigenvalue weighted by Gasteiger charge is -2.00. The van der Waals surface area contributed by atoms with Crippen LogP contribution in [0.4, 0.5) is 0 Å². The molecule has 6 heteroatoms. The Balaban J connectivity index is 3.46. The molecule has 1 rings (SSSR count). The maximum Gasteiger partial charge on any atom is 0.264 e. The Morgan fingerprint density at radius 3 is 2.64 bits per heavy atom. The van der Waals surface area contributed by atoms with E-state index in [4.69, 9.17) is 5.53 Å². The Labute approximate surface area is 81.4 Å². The third-order valence-corrected chi connectivity index (χ3v) is 2.78. The molecule has 0 heterocycles. The molecular weight excluding hydrogens is 202 g/mol. The highest BCUT2D eigenvalue weighted by atomic mass is 32.2. The van der Waals surface area contributed by atoms with Crippen LogP contribution in [0, 0.1) is 0 Å². The van der Waals surface area contributed by atoms with Gasteiger partial charge in [-0.25, -0.2) is 8.42 Å². The topological polar surface area (TPSA) is 82.9 Å². The third kappa shape index (κ3) is 1.93. The molecule has 14 heavy (non-hydrogen) atoms. The number of hydrogen-bond donors (Lipinski definition) is 0. The van der Waals surface area contributed by atoms with Crippen molar-refractivity contribution in [1.29, 1.82) is 0 Å². The minimum absolute atomic E-state index is 0.0344. The van der Waals surface area contributed by atoms with E-state index in [9.17, 15) is 8.42 Å². The highest BCUT2D eigenvalue weighted by Gasteiger charge is 2.14. The summed E-state index contributed by atoms with van der Waals surface area (Å²) in [7, 11) is -3.92. The first-order chi connectivity index (χ1) is 6.61. The second-order valence-corrected chi connectivity index (χ2v) is 3.94. The molecule has 0 amide bonds. The molecule has 0 unspecified atom stereocenters. The molecule has 0 saturated carbocycles. The molecule has 0 aliphatic carbocycles. The molecule has 72 valence electrons. The van der Waals surface area contributed by atoms with Crippen LogP contribution in [-0.4, -0.2) is 8.42 Å². The predicted molar refractivity (Wildman–Crippen MR) is 52.9 cm³/mol. The summed E-state index contributed by atoms with van der Waals surface area (Å²) in [5.74, 6) is 0. The van der Waals surface area contributed by atoms with Crippen molar-refractivity contribution in [2.45, 2.75) is 4.90 Å². The van der Waals surface area contributed by atoms with E-state index in [0.29, 0.717) is 5.56 Å². The van der Waals surface area contributed by atoms with E-state index < -0.39 is 10.0 Å². The molecule has 1 aromatic carbocycles. The first-order valence-electron chi connectivity index (χ1n) is 3.64. The lowest BCUT2D eigenvalue weighted by molar-refractivity contribution is 0.597. The van der Waals surface area contributed by atoms with Crippen molar-refractivity contribution >= 4 is 16.1 Å². The molecular formula is C8H7N3O2S. The Bertz CT molecular complexity index is 501. The highest BCUT2D eigenvalue weighted by molar-refractivity contribution is 7.90. The van der Waals surface area contributed by atoms with Gasteiger partial charge in [0.25, 0.3) is 10.0 Å². The highest BCUT2D eigenvalue weighted by Crippen LogP contribution is 2.18. The van der Waals surface area contributed by atoms with Gasteiger partial charge >= 0.3 is 0 Å². The minimum Gasteiger partial charge on any atom is -0.216 e. The molecule has 0 aromatic heterocycles. The van der Waals surface area contributed by atoms with E-state index >= 15 is 0 Å². The van der Waals surface area contributed by atoms with Crippen LogP contribution >= 0.6 is 0 Å². The largest absolute Gasteiger partial charge is 0.264 e. The van der Waals surface area contributed by atoms with E-state index in [1.54, 1.807) is 18.2 Å². The van der Waals surface area contributed by atoms with Gasteiger partial charge in [-0.05, 0) is 17.2 Å². The average molecular weight is 209 g/mol. The van der Waals surface area contributed by atoms with E-state index in [2.05, 4.69) is 16.0 Å². The molecule has 0 radical (unpaired) electrons. The number of benzene rings is 1. The van der Waals surface area contributed by atoms with Gasteiger partial charge in [0, 0.05) is 9.43 Å². The summed E-state index contributed by atoms with van der Waals surface area (Å²) < 4.78 is 25.4. The van der Waals surface area contributed by atoms with Gasteiger partial charge in [0.1, 0.15) is 0 Å². The Morgan fingerprint density at radius 2 is 2.07 bits per heavy atom. The van der Waals surface area contributed by atoms with Crippen molar-refractivity contribution < 1.29 is 8.42 Å². The molecule has 0 N–H and O–H groups in total. The zero-order valence-electron chi connectivity index (χ0n) is 7.16. The zero-order valence-corrected chi connectivity index (χ0v) is 7.98. The van der Waals surface area contributed by atoms with Crippen LogP contribution in [0.5, 0.6) is 0 Å². The van der Waals surface area contributed by atoms with Gasteiger partial charge in [-0.1, -0.05) is 30.9 Å². The maximum atomic E-state index is 11.3. The van der Waals surface area contributed by atoms with Gasteiger partial charge in [-0.3, -0.25) is 0 Å². The van der Waals surface area contributed by atoms with Crippen LogP contribution < -0.4 is 0 Å². The molecule has 1 aromatic rings. The molecule has 5 nitrogen and oxygen atoms in total. The van der Waals surface area contributed by atoms with Crippen molar-refractivity contribution in [1.82, 2.24) is 0 Å². The van der Waals surface area contributed by atoms with Crippen LogP contribution in [0.15, 0.2) is 40.3 Å². The normalized spacial score (nSPS) is 10.3. The average Bonchev–Trinajstić information content (AvgIpc) is 2.18. The van der Waals surface area contributed by atoms with E-state index in [0.717, 1.165) is 0 Å². The Morgan fingerprint density at radius 1 is 1.43 bits per heavy atom. The van der Waals surface area contributed by atoms with Crippen LogP contribution in [0.3, 0.4) is 0 Å². The predicted octanol–water partition coefficient (Wildman–Crippen LogP) is 2.33. The van der Waals surface area contributed by atoms with Crippen molar-refractivity contribution in [2.75, 3.05) is 0 Å². The van der Waals surface area contributed by atoms with E-state index in [-0.39, 0.29) is 4.90 Å². The van der Waals surface area contributed by atoms with Crippen molar-refractivity contribution in [3.05, 3.63) is 46.9 Å². The number of sulfonamides is 1.